The minimum atomic E-state index is -0.465. The predicted molar refractivity (Wildman–Crippen MR) is 90.7 cm³/mol. The van der Waals surface area contributed by atoms with Gasteiger partial charge in [0.1, 0.15) is 5.56 Å². The van der Waals surface area contributed by atoms with Gasteiger partial charge in [0.05, 0.1) is 0 Å². The van der Waals surface area contributed by atoms with Gasteiger partial charge in [0.2, 0.25) is 0 Å². The third-order valence-electron chi connectivity index (χ3n) is 4.18. The van der Waals surface area contributed by atoms with Gasteiger partial charge in [-0.25, -0.2) is 0 Å². The number of hydrogen-bond donors (Lipinski definition) is 3. The number of pyridine rings is 1. The van der Waals surface area contributed by atoms with Gasteiger partial charge in [0.25, 0.3) is 5.91 Å². The number of carbonyl (C=O) groups is 1. The van der Waals surface area contributed by atoms with E-state index in [0.717, 1.165) is 12.1 Å². The van der Waals surface area contributed by atoms with Crippen molar-refractivity contribution in [2.75, 3.05) is 5.32 Å². The third kappa shape index (κ3) is 4.31. The Bertz CT molecular complexity index is 752. The highest BCUT2D eigenvalue weighted by atomic mass is 16.2. The van der Waals surface area contributed by atoms with Gasteiger partial charge in [-0.1, -0.05) is 27.7 Å². The maximum Gasteiger partial charge on any atom is 0.262 e. The molecule has 0 aromatic carbocycles. The Kier molecular flexibility index (Phi) is 4.73. The maximum atomic E-state index is 12.2. The topological polar surface area (TPSA) is 90.6 Å². The van der Waals surface area contributed by atoms with E-state index in [1.165, 1.54) is 12.3 Å². The molecule has 0 fully saturated rings. The lowest BCUT2D eigenvalue weighted by Gasteiger charge is -2.26. The van der Waals surface area contributed by atoms with Crippen LogP contribution in [0.5, 0.6) is 0 Å². The summed E-state index contributed by atoms with van der Waals surface area (Å²) >= 11 is 0. The SMILES string of the molecule is Cc1cc(=O)c(C(=O)Nc2cc(CC(C)C(C)(C)C)[nH]n2)c[nH]1. The van der Waals surface area contributed by atoms with Crippen LogP contribution in [0, 0.1) is 18.3 Å². The minimum absolute atomic E-state index is 0.0724. The second-order valence-corrected chi connectivity index (χ2v) is 7.10. The minimum Gasteiger partial charge on any atom is -0.364 e. The van der Waals surface area contributed by atoms with Gasteiger partial charge in [-0.05, 0) is 24.7 Å². The first-order valence-electron chi connectivity index (χ1n) is 7.72. The Morgan fingerprint density at radius 2 is 2.04 bits per heavy atom. The molecule has 3 N–H and O–H groups in total. The van der Waals surface area contributed by atoms with Gasteiger partial charge in [-0.3, -0.25) is 14.7 Å². The van der Waals surface area contributed by atoms with Crippen LogP contribution in [-0.2, 0) is 6.42 Å². The zero-order chi connectivity index (χ0) is 17.2. The Morgan fingerprint density at radius 1 is 1.35 bits per heavy atom. The number of nitrogens with zero attached hydrogens (tertiary/aromatic N) is 1. The van der Waals surface area contributed by atoms with Gasteiger partial charge in [0.15, 0.2) is 11.2 Å². The van der Waals surface area contributed by atoms with Crippen LogP contribution in [0.25, 0.3) is 0 Å². The summed E-state index contributed by atoms with van der Waals surface area (Å²) < 4.78 is 0. The van der Waals surface area contributed by atoms with Crippen LogP contribution in [0.3, 0.4) is 0 Å². The first-order chi connectivity index (χ1) is 10.7. The zero-order valence-corrected chi connectivity index (χ0v) is 14.3. The number of amides is 1. The molecule has 0 saturated carbocycles. The fourth-order valence-electron chi connectivity index (χ4n) is 2.10. The number of H-pyrrole nitrogens is 2. The summed E-state index contributed by atoms with van der Waals surface area (Å²) in [5.41, 5.74) is 1.63. The molecule has 0 aliphatic heterocycles. The number of aryl methyl sites for hydroxylation is 1. The van der Waals surface area contributed by atoms with Crippen LogP contribution in [0.15, 0.2) is 23.1 Å². The zero-order valence-electron chi connectivity index (χ0n) is 14.3. The number of aromatic nitrogens is 3. The van der Waals surface area contributed by atoms with E-state index < -0.39 is 5.91 Å². The summed E-state index contributed by atoms with van der Waals surface area (Å²) in [5.74, 6) is 0.422. The van der Waals surface area contributed by atoms with Crippen molar-refractivity contribution >= 4 is 11.7 Å². The molecule has 2 aromatic heterocycles. The smallest absolute Gasteiger partial charge is 0.262 e. The monoisotopic (exact) mass is 316 g/mol. The number of anilines is 1. The van der Waals surface area contributed by atoms with E-state index in [2.05, 4.69) is 48.2 Å². The molecule has 2 rings (SSSR count). The molecule has 0 saturated heterocycles. The Balaban J connectivity index is 2.07. The number of nitrogens with one attached hydrogen (secondary N) is 3. The Hall–Kier alpha value is -2.37. The van der Waals surface area contributed by atoms with Gasteiger partial charge < -0.3 is 10.3 Å². The van der Waals surface area contributed by atoms with E-state index in [4.69, 9.17) is 0 Å². The van der Waals surface area contributed by atoms with Gasteiger partial charge in [-0.2, -0.15) is 5.10 Å². The standard InChI is InChI=1S/C17H24N4O2/c1-10(17(3,4)5)6-12-8-15(21-20-12)19-16(23)13-9-18-11(2)7-14(13)22/h7-10H,6H2,1-5H3,(H,18,22)(H2,19,20,21,23). The van der Waals surface area contributed by atoms with Crippen molar-refractivity contribution in [2.24, 2.45) is 11.3 Å². The van der Waals surface area contributed by atoms with Gasteiger partial charge in [0, 0.05) is 29.7 Å². The van der Waals surface area contributed by atoms with Crippen LogP contribution in [0.2, 0.25) is 0 Å². The lowest BCUT2D eigenvalue weighted by molar-refractivity contribution is 0.102. The molecule has 6 heteroatoms. The van der Waals surface area contributed by atoms with Crippen molar-refractivity contribution < 1.29 is 4.79 Å². The van der Waals surface area contributed by atoms with E-state index >= 15 is 0 Å². The first kappa shape index (κ1) is 17.0. The fourth-order valence-corrected chi connectivity index (χ4v) is 2.10. The summed E-state index contributed by atoms with van der Waals surface area (Å²) in [5, 5.41) is 9.68. The molecule has 0 bridgehead atoms. The summed E-state index contributed by atoms with van der Waals surface area (Å²) in [6.07, 6.45) is 2.26. The van der Waals surface area contributed by atoms with Crippen molar-refractivity contribution in [3.8, 4) is 0 Å². The summed E-state index contributed by atoms with van der Waals surface area (Å²) in [6.45, 7) is 10.5. The number of hydrogen-bond acceptors (Lipinski definition) is 3. The fraction of sp³-hybridized carbons (Fsp3) is 0.471. The van der Waals surface area contributed by atoms with Crippen LogP contribution in [0.4, 0.5) is 5.82 Å². The predicted octanol–water partition coefficient (Wildman–Crippen LogP) is 2.88. The highest BCUT2D eigenvalue weighted by Gasteiger charge is 2.21. The number of aromatic amines is 2. The van der Waals surface area contributed by atoms with E-state index in [9.17, 15) is 9.59 Å². The molecule has 1 unspecified atom stereocenters. The summed E-state index contributed by atoms with van der Waals surface area (Å²) in [6, 6.07) is 3.21. The van der Waals surface area contributed by atoms with Crippen molar-refractivity contribution in [1.82, 2.24) is 15.2 Å². The van der Waals surface area contributed by atoms with E-state index in [1.54, 1.807) is 6.92 Å². The molecule has 1 amide bonds. The molecule has 0 radical (unpaired) electrons. The summed E-state index contributed by atoms with van der Waals surface area (Å²) in [4.78, 5) is 26.8. The lowest BCUT2D eigenvalue weighted by Crippen LogP contribution is -2.21. The van der Waals surface area contributed by atoms with Gasteiger partial charge in [-0.15, -0.1) is 0 Å². The largest absolute Gasteiger partial charge is 0.364 e. The van der Waals surface area contributed by atoms with Crippen molar-refractivity contribution in [2.45, 2.75) is 41.0 Å². The second kappa shape index (κ2) is 6.40. The average Bonchev–Trinajstić information content (AvgIpc) is 2.84. The normalized spacial score (nSPS) is 12.9. The molecular formula is C17H24N4O2. The molecule has 1 atom stereocenters. The quantitative estimate of drug-likeness (QED) is 0.810. The van der Waals surface area contributed by atoms with Crippen LogP contribution in [-0.4, -0.2) is 21.1 Å². The van der Waals surface area contributed by atoms with Gasteiger partial charge >= 0.3 is 0 Å². The van der Waals surface area contributed by atoms with Crippen molar-refractivity contribution in [3.05, 3.63) is 45.5 Å². The maximum absolute atomic E-state index is 12.2. The molecule has 0 aliphatic rings. The Morgan fingerprint density at radius 3 is 2.65 bits per heavy atom. The van der Waals surface area contributed by atoms with Crippen molar-refractivity contribution in [1.29, 1.82) is 0 Å². The average molecular weight is 316 g/mol. The van der Waals surface area contributed by atoms with Crippen LogP contribution >= 0.6 is 0 Å². The number of carbonyl (C=O) groups excluding carboxylic acids is 1. The third-order valence-corrected chi connectivity index (χ3v) is 4.18. The van der Waals surface area contributed by atoms with E-state index in [1.807, 2.05) is 6.07 Å². The molecule has 0 spiro atoms. The molecule has 6 nitrogen and oxygen atoms in total. The number of rotatable bonds is 4. The molecule has 2 heterocycles. The first-order valence-corrected chi connectivity index (χ1v) is 7.72. The van der Waals surface area contributed by atoms with E-state index in [0.29, 0.717) is 17.4 Å². The molecule has 23 heavy (non-hydrogen) atoms. The Labute approximate surface area is 135 Å². The summed E-state index contributed by atoms with van der Waals surface area (Å²) in [7, 11) is 0. The molecule has 0 aliphatic carbocycles. The molecule has 2 aromatic rings. The second-order valence-electron chi connectivity index (χ2n) is 7.10. The van der Waals surface area contributed by atoms with Crippen LogP contribution < -0.4 is 10.7 Å². The van der Waals surface area contributed by atoms with Crippen molar-refractivity contribution in [3.63, 3.8) is 0 Å². The molecular weight excluding hydrogens is 292 g/mol. The lowest BCUT2D eigenvalue weighted by atomic mass is 9.79. The highest BCUT2D eigenvalue weighted by molar-refractivity contribution is 6.03. The molecule has 124 valence electrons. The highest BCUT2D eigenvalue weighted by Crippen LogP contribution is 2.28. The van der Waals surface area contributed by atoms with Crippen LogP contribution in [0.1, 0.15) is 49.4 Å². The van der Waals surface area contributed by atoms with E-state index in [-0.39, 0.29) is 16.4 Å².